The van der Waals surface area contributed by atoms with E-state index in [1.165, 1.54) is 24.0 Å². The molecule has 2 heterocycles. The molecule has 0 aliphatic heterocycles. The first-order valence-electron chi connectivity index (χ1n) is 4.81. The molecule has 1 N–H and O–H groups in total. The predicted octanol–water partition coefficient (Wildman–Crippen LogP) is 1.37. The summed E-state index contributed by atoms with van der Waals surface area (Å²) in [7, 11) is 1.87. The number of aromatic carboxylic acids is 1. The van der Waals surface area contributed by atoms with Crippen LogP contribution in [0.1, 0.15) is 16.3 Å². The first-order valence-corrected chi connectivity index (χ1v) is 5.63. The molecule has 0 spiro atoms. The van der Waals surface area contributed by atoms with E-state index in [2.05, 4.69) is 15.2 Å². The van der Waals surface area contributed by atoms with E-state index < -0.39 is 5.97 Å². The highest BCUT2D eigenvalue weighted by molar-refractivity contribution is 7.99. The van der Waals surface area contributed by atoms with Crippen LogP contribution in [0.15, 0.2) is 28.4 Å². The van der Waals surface area contributed by atoms with Gasteiger partial charge in [0.25, 0.3) is 0 Å². The molecule has 0 saturated heterocycles. The van der Waals surface area contributed by atoms with Crippen molar-refractivity contribution in [3.8, 4) is 0 Å². The van der Waals surface area contributed by atoms with Crippen molar-refractivity contribution in [2.45, 2.75) is 17.0 Å². The monoisotopic (exact) mass is 250 g/mol. The van der Waals surface area contributed by atoms with Crippen LogP contribution in [0.3, 0.4) is 0 Å². The number of nitrogens with zero attached hydrogens (tertiary/aromatic N) is 4. The number of aromatic nitrogens is 4. The highest BCUT2D eigenvalue weighted by Gasteiger charge is 2.08. The second-order valence-electron chi connectivity index (χ2n) is 3.38. The van der Waals surface area contributed by atoms with Crippen LogP contribution in [0.4, 0.5) is 0 Å². The minimum Gasteiger partial charge on any atom is -0.477 e. The smallest absolute Gasteiger partial charge is 0.354 e. The van der Waals surface area contributed by atoms with Crippen LogP contribution in [0.2, 0.25) is 0 Å². The predicted molar refractivity (Wildman–Crippen MR) is 61.1 cm³/mol. The Bertz CT molecular complexity index is 550. The second-order valence-corrected chi connectivity index (χ2v) is 4.42. The van der Waals surface area contributed by atoms with Gasteiger partial charge in [-0.1, -0.05) is 0 Å². The maximum atomic E-state index is 10.6. The van der Waals surface area contributed by atoms with Gasteiger partial charge in [-0.2, -0.15) is 0 Å². The van der Waals surface area contributed by atoms with E-state index >= 15 is 0 Å². The number of aryl methyl sites for hydroxylation is 1. The minimum atomic E-state index is -1.03. The van der Waals surface area contributed by atoms with Crippen molar-refractivity contribution < 1.29 is 9.90 Å². The minimum absolute atomic E-state index is 0.0310. The Morgan fingerprint density at radius 3 is 2.65 bits per heavy atom. The zero-order valence-corrected chi connectivity index (χ0v) is 10.1. The molecule has 2 rings (SSSR count). The van der Waals surface area contributed by atoms with E-state index in [1.54, 1.807) is 6.07 Å². The maximum Gasteiger partial charge on any atom is 0.354 e. The first kappa shape index (κ1) is 11.6. The van der Waals surface area contributed by atoms with Crippen LogP contribution >= 0.6 is 11.8 Å². The number of hydrogen-bond acceptors (Lipinski definition) is 5. The highest BCUT2D eigenvalue weighted by Crippen LogP contribution is 2.25. The van der Waals surface area contributed by atoms with Crippen molar-refractivity contribution in [3.63, 3.8) is 0 Å². The molecule has 88 valence electrons. The van der Waals surface area contributed by atoms with Gasteiger partial charge in [0.05, 0.1) is 0 Å². The van der Waals surface area contributed by atoms with E-state index in [-0.39, 0.29) is 5.69 Å². The van der Waals surface area contributed by atoms with Gasteiger partial charge in [-0.3, -0.25) is 0 Å². The summed E-state index contributed by atoms with van der Waals surface area (Å²) in [6.45, 7) is 1.86. The fourth-order valence-electron chi connectivity index (χ4n) is 1.15. The Morgan fingerprint density at radius 2 is 2.18 bits per heavy atom. The van der Waals surface area contributed by atoms with Crippen LogP contribution in [-0.2, 0) is 7.05 Å². The lowest BCUT2D eigenvalue weighted by molar-refractivity contribution is 0.0690. The molecule has 2 aromatic rings. The summed E-state index contributed by atoms with van der Waals surface area (Å²) < 4.78 is 1.86. The van der Waals surface area contributed by atoms with Gasteiger partial charge in [0, 0.05) is 18.1 Å². The SMILES string of the molecule is Cc1nnc(Sc2ccc(C(=O)O)nc2)n1C. The van der Waals surface area contributed by atoms with Crippen LogP contribution in [0.25, 0.3) is 0 Å². The number of hydrogen-bond donors (Lipinski definition) is 1. The Balaban J connectivity index is 2.19. The molecular weight excluding hydrogens is 240 g/mol. The molecule has 0 aliphatic rings. The molecule has 2 aromatic heterocycles. The van der Waals surface area contributed by atoms with Crippen molar-refractivity contribution in [1.29, 1.82) is 0 Å². The fraction of sp³-hybridized carbons (Fsp3) is 0.200. The maximum absolute atomic E-state index is 10.6. The topological polar surface area (TPSA) is 80.9 Å². The van der Waals surface area contributed by atoms with Gasteiger partial charge in [0.2, 0.25) is 0 Å². The summed E-state index contributed by atoms with van der Waals surface area (Å²) in [4.78, 5) is 15.3. The average molecular weight is 250 g/mol. The molecule has 17 heavy (non-hydrogen) atoms. The quantitative estimate of drug-likeness (QED) is 0.886. The third kappa shape index (κ3) is 2.44. The summed E-state index contributed by atoms with van der Waals surface area (Å²) in [5, 5.41) is 17.4. The largest absolute Gasteiger partial charge is 0.477 e. The molecule has 0 saturated carbocycles. The Kier molecular flexibility index (Phi) is 3.10. The Labute approximate surface area is 102 Å². The zero-order valence-electron chi connectivity index (χ0n) is 9.28. The van der Waals surface area contributed by atoms with E-state index in [0.29, 0.717) is 0 Å². The zero-order chi connectivity index (χ0) is 12.4. The van der Waals surface area contributed by atoms with Crippen LogP contribution in [0, 0.1) is 6.92 Å². The van der Waals surface area contributed by atoms with Crippen LogP contribution < -0.4 is 0 Å². The van der Waals surface area contributed by atoms with E-state index in [1.807, 2.05) is 18.5 Å². The average Bonchev–Trinajstić information content (AvgIpc) is 2.62. The molecule has 0 fully saturated rings. The number of carboxylic acids is 1. The molecule has 0 bridgehead atoms. The fourth-order valence-corrected chi connectivity index (χ4v) is 1.95. The third-order valence-corrected chi connectivity index (χ3v) is 3.23. The lowest BCUT2D eigenvalue weighted by Crippen LogP contribution is -1.99. The van der Waals surface area contributed by atoms with Crippen LogP contribution in [0.5, 0.6) is 0 Å². The van der Waals surface area contributed by atoms with Crippen molar-refractivity contribution in [3.05, 3.63) is 29.8 Å². The molecule has 0 aliphatic carbocycles. The van der Waals surface area contributed by atoms with Crippen molar-refractivity contribution in [2.24, 2.45) is 7.05 Å². The van der Waals surface area contributed by atoms with Gasteiger partial charge >= 0.3 is 5.97 Å². The summed E-state index contributed by atoms with van der Waals surface area (Å²) >= 11 is 1.39. The normalized spacial score (nSPS) is 10.5. The van der Waals surface area contributed by atoms with E-state index in [0.717, 1.165) is 15.9 Å². The van der Waals surface area contributed by atoms with Gasteiger partial charge in [-0.25, -0.2) is 9.78 Å². The van der Waals surface area contributed by atoms with Gasteiger partial charge in [0.1, 0.15) is 11.5 Å². The third-order valence-electron chi connectivity index (χ3n) is 2.22. The molecular formula is C10H10N4O2S. The van der Waals surface area contributed by atoms with E-state index in [9.17, 15) is 4.79 Å². The van der Waals surface area contributed by atoms with Gasteiger partial charge < -0.3 is 9.67 Å². The summed E-state index contributed by atoms with van der Waals surface area (Å²) in [6, 6.07) is 3.17. The van der Waals surface area contributed by atoms with Crippen LogP contribution in [-0.4, -0.2) is 30.8 Å². The summed E-state index contributed by atoms with van der Waals surface area (Å²) in [5.74, 6) is -0.210. The standard InChI is InChI=1S/C10H10N4O2S/c1-6-12-13-10(14(6)2)17-7-3-4-8(9(15)16)11-5-7/h3-5H,1-2H3,(H,15,16). The number of pyridine rings is 1. The first-order chi connectivity index (χ1) is 8.08. The molecule has 0 unspecified atom stereocenters. The second kappa shape index (κ2) is 4.54. The van der Waals surface area contributed by atoms with Crippen molar-refractivity contribution >= 4 is 17.7 Å². The van der Waals surface area contributed by atoms with Gasteiger partial charge in [-0.15, -0.1) is 10.2 Å². The number of rotatable bonds is 3. The molecule has 0 radical (unpaired) electrons. The number of carboxylic acid groups (broad SMARTS) is 1. The van der Waals surface area contributed by atoms with Gasteiger partial charge in [-0.05, 0) is 30.8 Å². The molecule has 7 heteroatoms. The molecule has 0 amide bonds. The van der Waals surface area contributed by atoms with Crippen molar-refractivity contribution in [1.82, 2.24) is 19.7 Å². The van der Waals surface area contributed by atoms with Crippen molar-refractivity contribution in [2.75, 3.05) is 0 Å². The molecule has 0 aromatic carbocycles. The molecule has 0 atom stereocenters. The lowest BCUT2D eigenvalue weighted by atomic mass is 10.4. The summed E-state index contributed by atoms with van der Waals surface area (Å²) in [5.41, 5.74) is 0.0310. The number of carbonyl (C=O) groups is 1. The lowest BCUT2D eigenvalue weighted by Gasteiger charge is -2.01. The highest BCUT2D eigenvalue weighted by atomic mass is 32.2. The van der Waals surface area contributed by atoms with E-state index in [4.69, 9.17) is 5.11 Å². The summed E-state index contributed by atoms with van der Waals surface area (Å²) in [6.07, 6.45) is 1.51. The Morgan fingerprint density at radius 1 is 1.41 bits per heavy atom. The van der Waals surface area contributed by atoms with Gasteiger partial charge in [0.15, 0.2) is 5.16 Å². The molecule has 6 nitrogen and oxygen atoms in total. The Hall–Kier alpha value is -1.89.